The van der Waals surface area contributed by atoms with E-state index in [0.717, 1.165) is 18.8 Å². The van der Waals surface area contributed by atoms with Crippen LogP contribution in [0.4, 0.5) is 11.4 Å². The summed E-state index contributed by atoms with van der Waals surface area (Å²) >= 11 is 5.65. The van der Waals surface area contributed by atoms with E-state index in [1.807, 2.05) is 6.07 Å². The maximum atomic E-state index is 12.0. The highest BCUT2D eigenvalue weighted by molar-refractivity contribution is 7.90. The number of amidine groups is 1. The van der Waals surface area contributed by atoms with E-state index in [1.54, 1.807) is 12.1 Å². The molecule has 2 aliphatic heterocycles. The highest BCUT2D eigenvalue weighted by Crippen LogP contribution is 2.32. The van der Waals surface area contributed by atoms with E-state index in [1.165, 1.54) is 0 Å². The summed E-state index contributed by atoms with van der Waals surface area (Å²) in [5.41, 5.74) is 1.30. The number of halogens is 1. The SMILES string of the molecule is O=S1(=O)N=C(Cl)Nc2ccc(N3CCOCC3)cc21. The Morgan fingerprint density at radius 1 is 1.32 bits per heavy atom. The van der Waals surface area contributed by atoms with Crippen molar-refractivity contribution in [1.29, 1.82) is 0 Å². The number of sulfonamides is 1. The fraction of sp³-hybridized carbons (Fsp3) is 0.364. The molecule has 0 atom stereocenters. The molecule has 0 bridgehead atoms. The van der Waals surface area contributed by atoms with Crippen LogP contribution in [0, 0.1) is 0 Å². The molecule has 1 aromatic rings. The zero-order chi connectivity index (χ0) is 13.5. The van der Waals surface area contributed by atoms with E-state index in [2.05, 4.69) is 14.6 Å². The van der Waals surface area contributed by atoms with Gasteiger partial charge in [-0.15, -0.1) is 4.40 Å². The number of nitrogens with one attached hydrogen (secondary N) is 1. The Morgan fingerprint density at radius 2 is 2.05 bits per heavy atom. The average Bonchev–Trinajstić information content (AvgIpc) is 2.38. The molecule has 1 fully saturated rings. The number of anilines is 2. The molecular weight excluding hydrogens is 290 g/mol. The summed E-state index contributed by atoms with van der Waals surface area (Å²) in [7, 11) is -3.72. The Bertz CT molecular complexity index is 639. The smallest absolute Gasteiger partial charge is 0.287 e. The van der Waals surface area contributed by atoms with Crippen LogP contribution in [0.2, 0.25) is 0 Å². The fourth-order valence-corrected chi connectivity index (χ4v) is 3.53. The van der Waals surface area contributed by atoms with E-state index in [4.69, 9.17) is 16.3 Å². The van der Waals surface area contributed by atoms with E-state index >= 15 is 0 Å². The van der Waals surface area contributed by atoms with Gasteiger partial charge in [0.15, 0.2) is 0 Å². The standard InChI is InChI=1S/C11H12ClN3O3S/c12-11-13-9-2-1-8(15-3-5-18-6-4-15)7-10(9)19(16,17)14-11/h1-2,7H,3-6H2,(H,13,14). The second-order valence-electron chi connectivity index (χ2n) is 4.26. The van der Waals surface area contributed by atoms with Crippen molar-refractivity contribution in [3.05, 3.63) is 18.2 Å². The van der Waals surface area contributed by atoms with Crippen LogP contribution in [0.3, 0.4) is 0 Å². The third-order valence-electron chi connectivity index (χ3n) is 3.06. The first-order valence-corrected chi connectivity index (χ1v) is 7.62. The number of ether oxygens (including phenoxy) is 1. The van der Waals surface area contributed by atoms with Gasteiger partial charge in [0.2, 0.25) is 5.29 Å². The van der Waals surface area contributed by atoms with Crippen LogP contribution < -0.4 is 10.2 Å². The van der Waals surface area contributed by atoms with Gasteiger partial charge < -0.3 is 15.0 Å². The van der Waals surface area contributed by atoms with Gasteiger partial charge in [0.25, 0.3) is 10.0 Å². The van der Waals surface area contributed by atoms with Crippen molar-refractivity contribution < 1.29 is 13.2 Å². The lowest BCUT2D eigenvalue weighted by Crippen LogP contribution is -2.36. The fourth-order valence-electron chi connectivity index (χ4n) is 2.13. The van der Waals surface area contributed by atoms with Crippen molar-refractivity contribution in [2.24, 2.45) is 4.40 Å². The van der Waals surface area contributed by atoms with Gasteiger partial charge in [-0.2, -0.15) is 8.42 Å². The topological polar surface area (TPSA) is 71.0 Å². The lowest BCUT2D eigenvalue weighted by Gasteiger charge is -2.29. The minimum atomic E-state index is -3.72. The summed E-state index contributed by atoms with van der Waals surface area (Å²) in [4.78, 5) is 2.24. The van der Waals surface area contributed by atoms with Crippen molar-refractivity contribution >= 4 is 38.3 Å². The van der Waals surface area contributed by atoms with Crippen LogP contribution in [0.15, 0.2) is 27.5 Å². The first kappa shape index (κ1) is 12.7. The third kappa shape index (κ3) is 2.41. The summed E-state index contributed by atoms with van der Waals surface area (Å²) in [5, 5.41) is 2.61. The van der Waals surface area contributed by atoms with Gasteiger partial charge in [-0.3, -0.25) is 0 Å². The molecule has 3 rings (SSSR count). The first-order chi connectivity index (χ1) is 9.06. The van der Waals surface area contributed by atoms with Crippen LogP contribution in [-0.2, 0) is 14.8 Å². The van der Waals surface area contributed by atoms with Crippen molar-refractivity contribution in [3.8, 4) is 0 Å². The molecule has 1 aromatic carbocycles. The van der Waals surface area contributed by atoms with Crippen molar-refractivity contribution in [2.45, 2.75) is 4.90 Å². The third-order valence-corrected chi connectivity index (χ3v) is 4.65. The Balaban J connectivity index is 2.01. The Labute approximate surface area is 116 Å². The van der Waals surface area contributed by atoms with Gasteiger partial charge in [0.05, 0.1) is 18.9 Å². The van der Waals surface area contributed by atoms with E-state index in [0.29, 0.717) is 18.9 Å². The van der Waals surface area contributed by atoms with Crippen LogP contribution in [0.1, 0.15) is 0 Å². The number of morpholine rings is 1. The number of fused-ring (bicyclic) bond motifs is 1. The number of hydrogen-bond acceptors (Lipinski definition) is 5. The summed E-state index contributed by atoms with van der Waals surface area (Å²) in [5.74, 6) is 0. The molecule has 2 aliphatic rings. The molecule has 1 saturated heterocycles. The normalized spacial score (nSPS) is 21.3. The highest BCUT2D eigenvalue weighted by Gasteiger charge is 2.25. The predicted octanol–water partition coefficient (Wildman–Crippen LogP) is 1.23. The van der Waals surface area contributed by atoms with Crippen molar-refractivity contribution in [3.63, 3.8) is 0 Å². The molecule has 0 aromatic heterocycles. The van der Waals surface area contributed by atoms with Crippen LogP contribution in [-0.4, -0.2) is 40.0 Å². The molecular formula is C11H12ClN3O3S. The van der Waals surface area contributed by atoms with Gasteiger partial charge >= 0.3 is 0 Å². The minimum Gasteiger partial charge on any atom is -0.378 e. The minimum absolute atomic E-state index is 0.133. The predicted molar refractivity (Wildman–Crippen MR) is 73.6 cm³/mol. The van der Waals surface area contributed by atoms with Gasteiger partial charge in [-0.1, -0.05) is 0 Å². The van der Waals surface area contributed by atoms with E-state index < -0.39 is 10.0 Å². The zero-order valence-electron chi connectivity index (χ0n) is 9.97. The van der Waals surface area contributed by atoms with Crippen LogP contribution in [0.25, 0.3) is 0 Å². The van der Waals surface area contributed by atoms with E-state index in [9.17, 15) is 8.42 Å². The highest BCUT2D eigenvalue weighted by atomic mass is 35.5. The number of hydrogen-bond donors (Lipinski definition) is 1. The molecule has 1 N–H and O–H groups in total. The molecule has 0 radical (unpaired) electrons. The number of nitrogens with zero attached hydrogens (tertiary/aromatic N) is 2. The molecule has 0 spiro atoms. The maximum absolute atomic E-state index is 12.0. The van der Waals surface area contributed by atoms with Gasteiger partial charge in [-0.25, -0.2) is 0 Å². The molecule has 0 unspecified atom stereocenters. The van der Waals surface area contributed by atoms with Crippen molar-refractivity contribution in [2.75, 3.05) is 36.5 Å². The van der Waals surface area contributed by atoms with Gasteiger partial charge in [0.1, 0.15) is 4.90 Å². The molecule has 0 aliphatic carbocycles. The van der Waals surface area contributed by atoms with Crippen LogP contribution in [0.5, 0.6) is 0 Å². The molecule has 102 valence electrons. The maximum Gasteiger partial charge on any atom is 0.287 e. The summed E-state index contributed by atoms with van der Waals surface area (Å²) < 4.78 is 32.6. The Kier molecular flexibility index (Phi) is 3.12. The molecule has 0 saturated carbocycles. The summed E-state index contributed by atoms with van der Waals surface area (Å²) in [6, 6.07) is 5.19. The average molecular weight is 302 g/mol. The van der Waals surface area contributed by atoms with Gasteiger partial charge in [0, 0.05) is 18.8 Å². The molecule has 0 amide bonds. The monoisotopic (exact) mass is 301 g/mol. The Hall–Kier alpha value is -1.31. The second-order valence-corrected chi connectivity index (χ2v) is 6.19. The lowest BCUT2D eigenvalue weighted by molar-refractivity contribution is 0.122. The summed E-state index contributed by atoms with van der Waals surface area (Å²) in [6.45, 7) is 2.78. The molecule has 6 nitrogen and oxygen atoms in total. The van der Waals surface area contributed by atoms with Gasteiger partial charge in [-0.05, 0) is 29.8 Å². The van der Waals surface area contributed by atoms with Crippen molar-refractivity contribution in [1.82, 2.24) is 0 Å². The molecule has 19 heavy (non-hydrogen) atoms. The largest absolute Gasteiger partial charge is 0.378 e. The summed E-state index contributed by atoms with van der Waals surface area (Å²) in [6.07, 6.45) is 0. The molecule has 2 heterocycles. The second kappa shape index (κ2) is 4.66. The number of benzene rings is 1. The number of rotatable bonds is 1. The molecule has 8 heteroatoms. The quantitative estimate of drug-likeness (QED) is 0.790. The van der Waals surface area contributed by atoms with E-state index in [-0.39, 0.29) is 10.2 Å². The Morgan fingerprint density at radius 3 is 2.79 bits per heavy atom. The lowest BCUT2D eigenvalue weighted by atomic mass is 10.2. The first-order valence-electron chi connectivity index (χ1n) is 5.80. The zero-order valence-corrected chi connectivity index (χ0v) is 11.5. The van der Waals surface area contributed by atoms with Crippen LogP contribution >= 0.6 is 11.6 Å².